The summed E-state index contributed by atoms with van der Waals surface area (Å²) in [5, 5.41) is 6.73. The number of halogens is 1. The van der Waals surface area contributed by atoms with Crippen LogP contribution in [0.15, 0.2) is 4.99 Å². The SMILES string of the molecule is CCNC(=NCCCOCCOC)NC1CCN(C(=O)OCC)CC1.I. The number of hydrogen-bond acceptors (Lipinski definition) is 5. The summed E-state index contributed by atoms with van der Waals surface area (Å²) in [5.74, 6) is 0.828. The van der Waals surface area contributed by atoms with E-state index in [0.29, 0.717) is 52.1 Å². The van der Waals surface area contributed by atoms with E-state index in [1.807, 2.05) is 6.92 Å². The molecule has 1 rings (SSSR count). The molecule has 1 aliphatic rings. The van der Waals surface area contributed by atoms with Crippen LogP contribution in [-0.2, 0) is 14.2 Å². The van der Waals surface area contributed by atoms with Gasteiger partial charge in [0.15, 0.2) is 5.96 Å². The minimum Gasteiger partial charge on any atom is -0.450 e. The zero-order valence-electron chi connectivity index (χ0n) is 16.3. The molecule has 0 saturated carbocycles. The first-order chi connectivity index (χ1) is 12.2. The Kier molecular flexibility index (Phi) is 15.9. The summed E-state index contributed by atoms with van der Waals surface area (Å²) < 4.78 is 15.4. The highest BCUT2D eigenvalue weighted by molar-refractivity contribution is 14.0. The molecule has 0 aromatic carbocycles. The minimum absolute atomic E-state index is 0. The number of carbonyl (C=O) groups excluding carboxylic acids is 1. The summed E-state index contributed by atoms with van der Waals surface area (Å²) in [5.41, 5.74) is 0. The van der Waals surface area contributed by atoms with Crippen molar-refractivity contribution in [2.24, 2.45) is 4.99 Å². The van der Waals surface area contributed by atoms with Gasteiger partial charge in [0.1, 0.15) is 0 Å². The van der Waals surface area contributed by atoms with Gasteiger partial charge in [0.05, 0.1) is 19.8 Å². The molecular weight excluding hydrogens is 451 g/mol. The molecule has 0 aromatic heterocycles. The Morgan fingerprint density at radius 1 is 1.19 bits per heavy atom. The van der Waals surface area contributed by atoms with Gasteiger partial charge in [0, 0.05) is 45.9 Å². The molecule has 1 heterocycles. The molecule has 0 spiro atoms. The number of likely N-dealkylation sites (tertiary alicyclic amines) is 1. The van der Waals surface area contributed by atoms with E-state index in [1.165, 1.54) is 0 Å². The van der Waals surface area contributed by atoms with Crippen molar-refractivity contribution in [3.63, 3.8) is 0 Å². The van der Waals surface area contributed by atoms with E-state index < -0.39 is 0 Å². The maximum absolute atomic E-state index is 11.7. The molecule has 0 bridgehead atoms. The Morgan fingerprint density at radius 2 is 1.92 bits per heavy atom. The highest BCUT2D eigenvalue weighted by Gasteiger charge is 2.23. The summed E-state index contributed by atoms with van der Waals surface area (Å²) in [6.45, 7) is 9.18. The molecule has 0 aromatic rings. The number of nitrogens with zero attached hydrogens (tertiary/aromatic N) is 2. The number of hydrogen-bond donors (Lipinski definition) is 2. The van der Waals surface area contributed by atoms with Crippen molar-refractivity contribution >= 4 is 36.0 Å². The number of nitrogens with one attached hydrogen (secondary N) is 2. The van der Waals surface area contributed by atoms with Crippen LogP contribution >= 0.6 is 24.0 Å². The van der Waals surface area contributed by atoms with Crippen molar-refractivity contribution in [1.82, 2.24) is 15.5 Å². The van der Waals surface area contributed by atoms with Gasteiger partial charge in [0.2, 0.25) is 0 Å². The van der Waals surface area contributed by atoms with Crippen LogP contribution in [0.2, 0.25) is 0 Å². The van der Waals surface area contributed by atoms with Crippen LogP contribution in [0.25, 0.3) is 0 Å². The maximum Gasteiger partial charge on any atom is 0.409 e. The maximum atomic E-state index is 11.7. The van der Waals surface area contributed by atoms with E-state index in [2.05, 4.69) is 22.5 Å². The lowest BCUT2D eigenvalue weighted by Crippen LogP contribution is -2.49. The fourth-order valence-electron chi connectivity index (χ4n) is 2.54. The third kappa shape index (κ3) is 11.0. The van der Waals surface area contributed by atoms with Crippen LogP contribution in [-0.4, -0.2) is 82.7 Å². The molecule has 0 atom stereocenters. The summed E-state index contributed by atoms with van der Waals surface area (Å²) >= 11 is 0. The normalized spacial score (nSPS) is 15.3. The molecule has 26 heavy (non-hydrogen) atoms. The first-order valence-electron chi connectivity index (χ1n) is 9.24. The van der Waals surface area contributed by atoms with Crippen LogP contribution in [0.4, 0.5) is 4.79 Å². The second-order valence-corrected chi connectivity index (χ2v) is 5.82. The molecule has 2 N–H and O–H groups in total. The molecule has 8 nitrogen and oxygen atoms in total. The molecule has 0 radical (unpaired) electrons. The fourth-order valence-corrected chi connectivity index (χ4v) is 2.54. The van der Waals surface area contributed by atoms with Crippen molar-refractivity contribution in [1.29, 1.82) is 0 Å². The van der Waals surface area contributed by atoms with E-state index in [-0.39, 0.29) is 30.1 Å². The molecule has 9 heteroatoms. The second kappa shape index (κ2) is 16.4. The van der Waals surface area contributed by atoms with Crippen LogP contribution in [0, 0.1) is 0 Å². The Morgan fingerprint density at radius 3 is 2.54 bits per heavy atom. The number of rotatable bonds is 10. The average molecular weight is 486 g/mol. The third-order valence-corrected chi connectivity index (χ3v) is 3.85. The zero-order chi connectivity index (χ0) is 18.3. The summed E-state index contributed by atoms with van der Waals surface area (Å²) in [4.78, 5) is 18.1. The van der Waals surface area contributed by atoms with Crippen molar-refractivity contribution in [3.05, 3.63) is 0 Å². The summed E-state index contributed by atoms with van der Waals surface area (Å²) in [6, 6.07) is 0.321. The minimum atomic E-state index is -0.213. The fraction of sp³-hybridized carbons (Fsp3) is 0.882. The van der Waals surface area contributed by atoms with Gasteiger partial charge in [-0.15, -0.1) is 24.0 Å². The Hall–Kier alpha value is -0.810. The number of carbonyl (C=O) groups is 1. The number of aliphatic imine (C=N–C) groups is 1. The van der Waals surface area contributed by atoms with Gasteiger partial charge < -0.3 is 29.7 Å². The lowest BCUT2D eigenvalue weighted by atomic mass is 10.1. The molecular formula is C17H35IN4O4. The van der Waals surface area contributed by atoms with Crippen molar-refractivity contribution in [2.45, 2.75) is 39.2 Å². The Balaban J connectivity index is 0.00000625. The first kappa shape index (κ1) is 25.2. The van der Waals surface area contributed by atoms with Crippen LogP contribution < -0.4 is 10.6 Å². The van der Waals surface area contributed by atoms with Crippen molar-refractivity contribution < 1.29 is 19.0 Å². The van der Waals surface area contributed by atoms with E-state index in [9.17, 15) is 4.79 Å². The molecule has 1 saturated heterocycles. The van der Waals surface area contributed by atoms with Crippen LogP contribution in [0.1, 0.15) is 33.1 Å². The Bertz CT molecular complexity index is 391. The van der Waals surface area contributed by atoms with Gasteiger partial charge >= 0.3 is 6.09 Å². The van der Waals surface area contributed by atoms with Crippen molar-refractivity contribution in [2.75, 3.05) is 59.7 Å². The van der Waals surface area contributed by atoms with Crippen LogP contribution in [0.5, 0.6) is 0 Å². The monoisotopic (exact) mass is 486 g/mol. The average Bonchev–Trinajstić information content (AvgIpc) is 2.62. The van der Waals surface area contributed by atoms with Gasteiger partial charge in [-0.2, -0.15) is 0 Å². The smallest absolute Gasteiger partial charge is 0.409 e. The summed E-state index contributed by atoms with van der Waals surface area (Å²) in [7, 11) is 1.67. The van der Waals surface area contributed by atoms with Gasteiger partial charge in [-0.3, -0.25) is 4.99 Å². The lowest BCUT2D eigenvalue weighted by molar-refractivity contribution is 0.0702. The van der Waals surface area contributed by atoms with E-state index in [4.69, 9.17) is 14.2 Å². The zero-order valence-corrected chi connectivity index (χ0v) is 18.6. The third-order valence-electron chi connectivity index (χ3n) is 3.85. The molecule has 1 aliphatic heterocycles. The highest BCUT2D eigenvalue weighted by atomic mass is 127. The van der Waals surface area contributed by atoms with Gasteiger partial charge in [-0.05, 0) is 33.1 Å². The predicted molar refractivity (Wildman–Crippen MR) is 113 cm³/mol. The molecule has 0 unspecified atom stereocenters. The predicted octanol–water partition coefficient (Wildman–Crippen LogP) is 1.83. The number of piperidine rings is 1. The van der Waals surface area contributed by atoms with Gasteiger partial charge in [0.25, 0.3) is 0 Å². The van der Waals surface area contributed by atoms with Crippen molar-refractivity contribution in [3.8, 4) is 0 Å². The van der Waals surface area contributed by atoms with E-state index in [1.54, 1.807) is 12.0 Å². The standard InChI is InChI=1S/C17H34N4O4.HI/c1-4-18-16(19-9-6-12-24-14-13-23-3)20-15-7-10-21(11-8-15)17(22)25-5-2;/h15H,4-14H2,1-3H3,(H2,18,19,20);1H. The Labute approximate surface area is 174 Å². The number of methoxy groups -OCH3 is 1. The number of ether oxygens (including phenoxy) is 3. The first-order valence-corrected chi connectivity index (χ1v) is 9.24. The highest BCUT2D eigenvalue weighted by Crippen LogP contribution is 2.11. The second-order valence-electron chi connectivity index (χ2n) is 5.82. The molecule has 1 amide bonds. The largest absolute Gasteiger partial charge is 0.450 e. The van der Waals surface area contributed by atoms with E-state index >= 15 is 0 Å². The summed E-state index contributed by atoms with van der Waals surface area (Å²) in [6.07, 6.45) is 2.45. The van der Waals surface area contributed by atoms with Gasteiger partial charge in [-0.25, -0.2) is 4.79 Å². The topological polar surface area (TPSA) is 84.4 Å². The molecule has 154 valence electrons. The van der Waals surface area contributed by atoms with Crippen LogP contribution in [0.3, 0.4) is 0 Å². The number of amides is 1. The molecule has 1 fully saturated rings. The van der Waals surface area contributed by atoms with Gasteiger partial charge in [-0.1, -0.05) is 0 Å². The number of guanidine groups is 1. The van der Waals surface area contributed by atoms with E-state index in [0.717, 1.165) is 31.8 Å². The lowest BCUT2D eigenvalue weighted by Gasteiger charge is -2.32. The quantitative estimate of drug-likeness (QED) is 0.212. The molecule has 0 aliphatic carbocycles.